The topological polar surface area (TPSA) is 81.2 Å². The molecule has 130 valence electrons. The predicted molar refractivity (Wildman–Crippen MR) is 92.5 cm³/mol. The van der Waals surface area contributed by atoms with E-state index in [2.05, 4.69) is 5.10 Å². The molecule has 1 aliphatic rings. The van der Waals surface area contributed by atoms with Crippen molar-refractivity contribution < 1.29 is 19.0 Å². The maximum atomic E-state index is 14.4. The predicted octanol–water partition coefficient (Wildman–Crippen LogP) is 3.22. The van der Waals surface area contributed by atoms with Crippen molar-refractivity contribution in [2.75, 3.05) is 0 Å². The second-order valence-electron chi connectivity index (χ2n) is 5.76. The van der Waals surface area contributed by atoms with E-state index in [-0.39, 0.29) is 23.5 Å². The molecule has 0 bridgehead atoms. The van der Waals surface area contributed by atoms with Crippen LogP contribution >= 0.6 is 11.6 Å². The third kappa shape index (κ3) is 2.53. The number of hydrogen-bond donors (Lipinski definition) is 1. The van der Waals surface area contributed by atoms with E-state index in [0.717, 1.165) is 0 Å². The lowest BCUT2D eigenvalue weighted by molar-refractivity contribution is -0.474. The first-order valence-corrected chi connectivity index (χ1v) is 8.02. The van der Waals surface area contributed by atoms with Crippen molar-refractivity contribution in [3.8, 4) is 5.69 Å². The highest BCUT2D eigenvalue weighted by molar-refractivity contribution is 6.31. The Bertz CT molecular complexity index is 1090. The Morgan fingerprint density at radius 2 is 2.00 bits per heavy atom. The average molecular weight is 372 g/mol. The molecular weight excluding hydrogens is 361 g/mol. The standard InChI is InChI=1S/C18H11ClFN3O3/c19-10-5-6-16-13(7-10)17(12-3-1-2-4-14(12)20)22(26)9-11-8-15(18(24)25)21-23(11)16/h1-8H,9H2,(H,24,25). The van der Waals surface area contributed by atoms with Gasteiger partial charge in [-0.2, -0.15) is 9.84 Å². The molecular formula is C18H11ClFN3O3. The molecule has 0 aliphatic carbocycles. The van der Waals surface area contributed by atoms with Gasteiger partial charge in [-0.1, -0.05) is 23.7 Å². The zero-order valence-electron chi connectivity index (χ0n) is 13.2. The largest absolute Gasteiger partial charge is 0.623 e. The lowest BCUT2D eigenvalue weighted by Crippen LogP contribution is -2.19. The van der Waals surface area contributed by atoms with Crippen LogP contribution in [0.2, 0.25) is 5.02 Å². The summed E-state index contributed by atoms with van der Waals surface area (Å²) in [6.45, 7) is -0.184. The number of hydroxylamine groups is 1. The molecule has 0 fully saturated rings. The van der Waals surface area contributed by atoms with E-state index < -0.39 is 11.8 Å². The fraction of sp³-hybridized carbons (Fsp3) is 0.0556. The summed E-state index contributed by atoms with van der Waals surface area (Å²) in [7, 11) is 0. The van der Waals surface area contributed by atoms with E-state index in [1.165, 1.54) is 28.9 Å². The normalized spacial score (nSPS) is 13.2. The number of carboxylic acids is 1. The highest BCUT2D eigenvalue weighted by Gasteiger charge is 2.30. The first kappa shape index (κ1) is 16.3. The molecule has 2 aromatic carbocycles. The molecule has 1 aliphatic heterocycles. The third-order valence-corrected chi connectivity index (χ3v) is 4.36. The lowest BCUT2D eigenvalue weighted by Gasteiger charge is -2.11. The summed E-state index contributed by atoms with van der Waals surface area (Å²) in [4.78, 5) is 11.2. The molecule has 26 heavy (non-hydrogen) atoms. The van der Waals surface area contributed by atoms with Crippen LogP contribution in [-0.2, 0) is 6.54 Å². The Labute approximate surface area is 152 Å². The number of aromatic nitrogens is 2. The van der Waals surface area contributed by atoms with Crippen LogP contribution in [0.15, 0.2) is 48.5 Å². The fourth-order valence-corrected chi connectivity index (χ4v) is 3.19. The maximum Gasteiger partial charge on any atom is 0.356 e. The molecule has 3 aromatic rings. The zero-order valence-corrected chi connectivity index (χ0v) is 13.9. The molecule has 0 saturated carbocycles. The van der Waals surface area contributed by atoms with Crippen molar-refractivity contribution in [1.29, 1.82) is 0 Å². The molecule has 4 rings (SSSR count). The molecule has 1 N–H and O–H groups in total. The van der Waals surface area contributed by atoms with Gasteiger partial charge in [-0.15, -0.1) is 0 Å². The van der Waals surface area contributed by atoms with E-state index >= 15 is 0 Å². The van der Waals surface area contributed by atoms with Crippen molar-refractivity contribution >= 4 is 23.3 Å². The number of carboxylic acid groups (broad SMARTS) is 1. The second kappa shape index (κ2) is 5.96. The second-order valence-corrected chi connectivity index (χ2v) is 6.20. The summed E-state index contributed by atoms with van der Waals surface area (Å²) in [5.41, 5.74) is 1.28. The summed E-state index contributed by atoms with van der Waals surface area (Å²) in [6.07, 6.45) is 0. The van der Waals surface area contributed by atoms with Gasteiger partial charge in [0.15, 0.2) is 12.2 Å². The first-order valence-electron chi connectivity index (χ1n) is 7.65. The van der Waals surface area contributed by atoms with Gasteiger partial charge >= 0.3 is 5.97 Å². The van der Waals surface area contributed by atoms with Gasteiger partial charge in [-0.25, -0.2) is 13.9 Å². The number of hydrogen-bond acceptors (Lipinski definition) is 3. The number of halogens is 2. The Morgan fingerprint density at radius 3 is 2.73 bits per heavy atom. The van der Waals surface area contributed by atoms with E-state index in [4.69, 9.17) is 11.6 Å². The van der Waals surface area contributed by atoms with Crippen LogP contribution in [-0.4, -0.2) is 31.3 Å². The molecule has 2 heterocycles. The zero-order chi connectivity index (χ0) is 18.4. The van der Waals surface area contributed by atoms with Crippen LogP contribution in [0.3, 0.4) is 0 Å². The summed E-state index contributed by atoms with van der Waals surface area (Å²) >= 11 is 6.10. The maximum absolute atomic E-state index is 14.4. The van der Waals surface area contributed by atoms with E-state index in [0.29, 0.717) is 26.7 Å². The van der Waals surface area contributed by atoms with Crippen LogP contribution in [0.4, 0.5) is 4.39 Å². The minimum Gasteiger partial charge on any atom is -0.623 e. The number of aromatic carboxylic acids is 1. The molecule has 1 aromatic heterocycles. The Hall–Kier alpha value is -3.19. The molecule has 6 nitrogen and oxygen atoms in total. The highest BCUT2D eigenvalue weighted by atomic mass is 35.5. The number of rotatable bonds is 2. The van der Waals surface area contributed by atoms with Gasteiger partial charge in [0.2, 0.25) is 5.71 Å². The lowest BCUT2D eigenvalue weighted by atomic mass is 10.00. The van der Waals surface area contributed by atoms with Gasteiger partial charge in [-0.05, 0) is 30.3 Å². The van der Waals surface area contributed by atoms with Crippen LogP contribution in [0.1, 0.15) is 27.3 Å². The van der Waals surface area contributed by atoms with Gasteiger partial charge in [0.05, 0.1) is 16.8 Å². The van der Waals surface area contributed by atoms with Crippen LogP contribution in [0.5, 0.6) is 0 Å². The Kier molecular flexibility index (Phi) is 3.73. The molecule has 0 atom stereocenters. The van der Waals surface area contributed by atoms with Gasteiger partial charge in [0, 0.05) is 11.1 Å². The number of nitrogens with zero attached hydrogens (tertiary/aromatic N) is 3. The van der Waals surface area contributed by atoms with Crippen molar-refractivity contribution in [2.24, 2.45) is 0 Å². The van der Waals surface area contributed by atoms with Crippen molar-refractivity contribution in [3.05, 3.63) is 87.1 Å². The molecule has 8 heteroatoms. The minimum atomic E-state index is -1.20. The Balaban J connectivity index is 2.04. The summed E-state index contributed by atoms with van der Waals surface area (Å²) < 4.78 is 16.4. The van der Waals surface area contributed by atoms with Gasteiger partial charge in [-0.3, -0.25) is 0 Å². The molecule has 0 saturated heterocycles. The van der Waals surface area contributed by atoms with Crippen LogP contribution in [0, 0.1) is 11.0 Å². The number of benzene rings is 2. The minimum absolute atomic E-state index is 0.114. The van der Waals surface area contributed by atoms with Crippen molar-refractivity contribution in [2.45, 2.75) is 6.54 Å². The third-order valence-electron chi connectivity index (χ3n) is 4.13. The van der Waals surface area contributed by atoms with E-state index in [9.17, 15) is 19.5 Å². The van der Waals surface area contributed by atoms with E-state index in [1.54, 1.807) is 24.3 Å². The molecule has 0 unspecified atom stereocenters. The van der Waals surface area contributed by atoms with Crippen molar-refractivity contribution in [1.82, 2.24) is 9.78 Å². The molecule has 0 spiro atoms. The molecule has 0 radical (unpaired) electrons. The van der Waals surface area contributed by atoms with Crippen LogP contribution < -0.4 is 0 Å². The fourth-order valence-electron chi connectivity index (χ4n) is 3.02. The van der Waals surface area contributed by atoms with Crippen LogP contribution in [0.25, 0.3) is 5.69 Å². The van der Waals surface area contributed by atoms with Gasteiger partial charge < -0.3 is 10.3 Å². The summed E-state index contributed by atoms with van der Waals surface area (Å²) in [5.74, 6) is -1.74. The summed E-state index contributed by atoms with van der Waals surface area (Å²) in [5, 5.41) is 26.5. The van der Waals surface area contributed by atoms with Gasteiger partial charge in [0.1, 0.15) is 11.5 Å². The van der Waals surface area contributed by atoms with E-state index in [1.807, 2.05) is 0 Å². The Morgan fingerprint density at radius 1 is 1.23 bits per heavy atom. The first-order chi connectivity index (χ1) is 12.5. The number of fused-ring (bicyclic) bond motifs is 3. The summed E-state index contributed by atoms with van der Waals surface area (Å²) in [6, 6.07) is 12.1. The number of carbonyl (C=O) groups is 1. The molecule has 0 amide bonds. The smallest absolute Gasteiger partial charge is 0.356 e. The monoisotopic (exact) mass is 371 g/mol. The SMILES string of the molecule is O=C(O)c1cc2n(n1)-c1ccc(Cl)cc1C(c1ccccc1F)=[N+]([O-])C2. The quantitative estimate of drug-likeness (QED) is 0.554. The highest BCUT2D eigenvalue weighted by Crippen LogP contribution is 2.28. The van der Waals surface area contributed by atoms with Crippen molar-refractivity contribution in [3.63, 3.8) is 0 Å². The average Bonchev–Trinajstić information content (AvgIpc) is 2.97. The van der Waals surface area contributed by atoms with Gasteiger partial charge in [0.25, 0.3) is 0 Å².